The summed E-state index contributed by atoms with van der Waals surface area (Å²) in [7, 11) is 0. The Labute approximate surface area is 108 Å². The molecule has 2 atom stereocenters. The van der Waals surface area contributed by atoms with Crippen LogP contribution in [0.2, 0.25) is 0 Å². The maximum Gasteiger partial charge on any atom is 0.0895 e. The number of likely N-dealkylation sites (tertiary alicyclic amines) is 1. The predicted molar refractivity (Wildman–Crippen MR) is 71.2 cm³/mol. The first-order chi connectivity index (χ1) is 8.78. The van der Waals surface area contributed by atoms with Crippen LogP contribution in [0.3, 0.4) is 0 Å². The quantitative estimate of drug-likeness (QED) is 0.675. The summed E-state index contributed by atoms with van der Waals surface area (Å²) in [5.74, 6) is 0. The minimum absolute atomic E-state index is 0.173. The van der Waals surface area contributed by atoms with Crippen LogP contribution in [0, 0.1) is 0 Å². The van der Waals surface area contributed by atoms with Crippen LogP contribution >= 0.6 is 0 Å². The van der Waals surface area contributed by atoms with Crippen molar-refractivity contribution in [3.05, 3.63) is 35.9 Å². The molecule has 4 nitrogen and oxygen atoms in total. The van der Waals surface area contributed by atoms with E-state index in [-0.39, 0.29) is 6.61 Å². The van der Waals surface area contributed by atoms with Crippen molar-refractivity contribution in [2.24, 2.45) is 0 Å². The number of aliphatic hydroxyl groups excluding tert-OH is 2. The predicted octanol–water partition coefficient (Wildman–Crippen LogP) is 0.204. The molecule has 0 aromatic heterocycles. The average molecular weight is 250 g/mol. The third-order valence-corrected chi connectivity index (χ3v) is 3.37. The summed E-state index contributed by atoms with van der Waals surface area (Å²) in [5.41, 5.74) is 1.34. The van der Waals surface area contributed by atoms with Gasteiger partial charge in [0.25, 0.3) is 0 Å². The van der Waals surface area contributed by atoms with E-state index in [4.69, 9.17) is 5.11 Å². The minimum atomic E-state index is -0.645. The smallest absolute Gasteiger partial charge is 0.0895 e. The van der Waals surface area contributed by atoms with E-state index in [1.165, 1.54) is 5.56 Å². The highest BCUT2D eigenvalue weighted by Crippen LogP contribution is 2.13. The lowest BCUT2D eigenvalue weighted by Gasteiger charge is -2.17. The van der Waals surface area contributed by atoms with Gasteiger partial charge in [0.1, 0.15) is 0 Å². The molecule has 0 spiro atoms. The highest BCUT2D eigenvalue weighted by molar-refractivity contribution is 5.14. The van der Waals surface area contributed by atoms with Crippen molar-refractivity contribution < 1.29 is 10.2 Å². The average Bonchev–Trinajstić information content (AvgIpc) is 2.85. The van der Waals surface area contributed by atoms with Crippen LogP contribution < -0.4 is 5.32 Å². The van der Waals surface area contributed by atoms with Crippen LogP contribution in [0.4, 0.5) is 0 Å². The summed E-state index contributed by atoms with van der Waals surface area (Å²) in [6.07, 6.45) is 0.457. The van der Waals surface area contributed by atoms with Crippen molar-refractivity contribution >= 4 is 0 Å². The topological polar surface area (TPSA) is 55.7 Å². The van der Waals surface area contributed by atoms with Crippen LogP contribution in [0.1, 0.15) is 12.0 Å². The van der Waals surface area contributed by atoms with Gasteiger partial charge in [-0.3, -0.25) is 4.90 Å². The fourth-order valence-corrected chi connectivity index (χ4v) is 2.35. The Morgan fingerprint density at radius 3 is 2.83 bits per heavy atom. The lowest BCUT2D eigenvalue weighted by molar-refractivity contribution is 0.0920. The van der Waals surface area contributed by atoms with Crippen LogP contribution in [0.25, 0.3) is 0 Å². The zero-order valence-electron chi connectivity index (χ0n) is 10.6. The first kappa shape index (κ1) is 13.5. The molecule has 0 unspecified atom stereocenters. The molecule has 18 heavy (non-hydrogen) atoms. The van der Waals surface area contributed by atoms with E-state index in [0.717, 1.165) is 26.1 Å². The van der Waals surface area contributed by atoms with Crippen LogP contribution in [0.5, 0.6) is 0 Å². The van der Waals surface area contributed by atoms with Gasteiger partial charge in [0.2, 0.25) is 0 Å². The molecule has 0 bridgehead atoms. The van der Waals surface area contributed by atoms with Gasteiger partial charge in [-0.15, -0.1) is 0 Å². The largest absolute Gasteiger partial charge is 0.394 e. The Morgan fingerprint density at radius 1 is 1.33 bits per heavy atom. The lowest BCUT2D eigenvalue weighted by Crippen LogP contribution is -2.38. The van der Waals surface area contributed by atoms with Crippen molar-refractivity contribution in [1.82, 2.24) is 10.2 Å². The van der Waals surface area contributed by atoms with Gasteiger partial charge in [-0.2, -0.15) is 0 Å². The number of hydrogen-bond acceptors (Lipinski definition) is 4. The summed E-state index contributed by atoms with van der Waals surface area (Å²) >= 11 is 0. The number of hydrogen-bond donors (Lipinski definition) is 3. The lowest BCUT2D eigenvalue weighted by atomic mass is 10.2. The molecule has 0 saturated carbocycles. The molecule has 4 heteroatoms. The van der Waals surface area contributed by atoms with Crippen molar-refractivity contribution in [3.8, 4) is 0 Å². The molecule has 100 valence electrons. The maximum absolute atomic E-state index is 9.29. The Bertz CT molecular complexity index is 345. The van der Waals surface area contributed by atoms with Gasteiger partial charge in [0, 0.05) is 32.2 Å². The molecular formula is C14H22N2O2. The van der Waals surface area contributed by atoms with E-state index in [2.05, 4.69) is 34.5 Å². The van der Waals surface area contributed by atoms with E-state index < -0.39 is 6.10 Å². The summed E-state index contributed by atoms with van der Waals surface area (Å²) in [6, 6.07) is 10.9. The summed E-state index contributed by atoms with van der Waals surface area (Å²) in [6.45, 7) is 3.38. The fraction of sp³-hybridized carbons (Fsp3) is 0.571. The summed E-state index contributed by atoms with van der Waals surface area (Å²) in [5, 5.41) is 21.3. The number of aliphatic hydroxyl groups is 2. The Kier molecular flexibility index (Phi) is 5.13. The first-order valence-electron chi connectivity index (χ1n) is 6.56. The van der Waals surface area contributed by atoms with Crippen molar-refractivity contribution in [2.45, 2.75) is 25.1 Å². The van der Waals surface area contributed by atoms with Gasteiger partial charge in [0.05, 0.1) is 12.7 Å². The molecule has 2 rings (SSSR count). The van der Waals surface area contributed by atoms with E-state index in [9.17, 15) is 5.11 Å². The Morgan fingerprint density at radius 2 is 2.11 bits per heavy atom. The molecule has 1 heterocycles. The zero-order chi connectivity index (χ0) is 12.8. The third kappa shape index (κ3) is 4.07. The van der Waals surface area contributed by atoms with Gasteiger partial charge in [0.15, 0.2) is 0 Å². The molecule has 1 saturated heterocycles. The van der Waals surface area contributed by atoms with E-state index >= 15 is 0 Å². The van der Waals surface area contributed by atoms with Gasteiger partial charge in [-0.25, -0.2) is 0 Å². The van der Waals surface area contributed by atoms with Gasteiger partial charge < -0.3 is 15.5 Å². The van der Waals surface area contributed by atoms with Gasteiger partial charge >= 0.3 is 0 Å². The second-order valence-electron chi connectivity index (χ2n) is 4.95. The standard InChI is InChI=1S/C14H22N2O2/c17-11-14(18)8-15-13-6-7-16(10-13)9-12-4-2-1-3-5-12/h1-5,13-15,17-18H,6-11H2/t13-,14-/m1/s1. The molecule has 1 aliphatic rings. The fourth-order valence-electron chi connectivity index (χ4n) is 2.35. The molecule has 1 aromatic rings. The maximum atomic E-state index is 9.29. The van der Waals surface area contributed by atoms with E-state index in [1.807, 2.05) is 6.07 Å². The molecule has 3 N–H and O–H groups in total. The second-order valence-corrected chi connectivity index (χ2v) is 4.95. The number of nitrogens with zero attached hydrogens (tertiary/aromatic N) is 1. The molecule has 0 radical (unpaired) electrons. The first-order valence-corrected chi connectivity index (χ1v) is 6.56. The van der Waals surface area contributed by atoms with Crippen molar-refractivity contribution in [1.29, 1.82) is 0 Å². The molecule has 0 amide bonds. The highest BCUT2D eigenvalue weighted by atomic mass is 16.3. The van der Waals surface area contributed by atoms with Gasteiger partial charge in [-0.1, -0.05) is 30.3 Å². The monoisotopic (exact) mass is 250 g/mol. The van der Waals surface area contributed by atoms with Crippen LogP contribution in [0.15, 0.2) is 30.3 Å². The minimum Gasteiger partial charge on any atom is -0.394 e. The molecule has 1 fully saturated rings. The summed E-state index contributed by atoms with van der Waals surface area (Å²) < 4.78 is 0. The van der Waals surface area contributed by atoms with E-state index in [0.29, 0.717) is 12.6 Å². The van der Waals surface area contributed by atoms with Crippen molar-refractivity contribution in [2.75, 3.05) is 26.2 Å². The second kappa shape index (κ2) is 6.85. The number of rotatable bonds is 6. The SMILES string of the molecule is OC[C@H](O)CN[C@@H]1CCN(Cc2ccccc2)C1. The number of benzene rings is 1. The number of nitrogens with one attached hydrogen (secondary N) is 1. The van der Waals surface area contributed by atoms with Crippen LogP contribution in [-0.2, 0) is 6.54 Å². The molecular weight excluding hydrogens is 228 g/mol. The third-order valence-electron chi connectivity index (χ3n) is 3.37. The summed E-state index contributed by atoms with van der Waals surface area (Å²) in [4.78, 5) is 2.42. The van der Waals surface area contributed by atoms with E-state index in [1.54, 1.807) is 0 Å². The Hall–Kier alpha value is -0.940. The molecule has 1 aromatic carbocycles. The normalized spacial score (nSPS) is 22.2. The zero-order valence-corrected chi connectivity index (χ0v) is 10.6. The van der Waals surface area contributed by atoms with Crippen LogP contribution in [-0.4, -0.2) is 53.5 Å². The molecule has 1 aliphatic heterocycles. The Balaban J connectivity index is 1.72. The van der Waals surface area contributed by atoms with Gasteiger partial charge in [-0.05, 0) is 12.0 Å². The van der Waals surface area contributed by atoms with Crippen molar-refractivity contribution in [3.63, 3.8) is 0 Å². The molecule has 0 aliphatic carbocycles. The highest BCUT2D eigenvalue weighted by Gasteiger charge is 2.22.